The van der Waals surface area contributed by atoms with Crippen molar-refractivity contribution in [1.82, 2.24) is 4.31 Å². The van der Waals surface area contributed by atoms with Gasteiger partial charge in [-0.2, -0.15) is 13.2 Å². The number of nitrogens with zero attached hydrogens (tertiary/aromatic N) is 1. The lowest BCUT2D eigenvalue weighted by Crippen LogP contribution is -2.66. The van der Waals surface area contributed by atoms with Gasteiger partial charge in [0, 0.05) is 12.7 Å². The Labute approximate surface area is 216 Å². The van der Waals surface area contributed by atoms with Crippen LogP contribution < -0.4 is 0 Å². The van der Waals surface area contributed by atoms with Gasteiger partial charge in [-0.3, -0.25) is 9.10 Å². The summed E-state index contributed by atoms with van der Waals surface area (Å²) in [5, 5.41) is 0. The number of hydrogen-bond acceptors (Lipinski definition) is 5. The molecule has 1 heterocycles. The molecule has 1 saturated heterocycles. The van der Waals surface area contributed by atoms with E-state index in [1.54, 1.807) is 69.2 Å². The third-order valence-electron chi connectivity index (χ3n) is 6.76. The van der Waals surface area contributed by atoms with Gasteiger partial charge in [-0.1, -0.05) is 51.1 Å². The molecule has 0 radical (unpaired) electrons. The summed E-state index contributed by atoms with van der Waals surface area (Å²) in [6.45, 7) is 17.2. The molecular weight excluding hydrogens is 494 g/mol. The summed E-state index contributed by atoms with van der Waals surface area (Å²) in [4.78, 5) is 14.3. The van der Waals surface area contributed by atoms with E-state index >= 15 is 0 Å². The second-order valence-electron chi connectivity index (χ2n) is 12.2. The van der Waals surface area contributed by atoms with E-state index in [1.807, 2.05) is 0 Å². The third-order valence-corrected chi connectivity index (χ3v) is 8.56. The van der Waals surface area contributed by atoms with Gasteiger partial charge in [0.15, 0.2) is 0 Å². The van der Waals surface area contributed by atoms with Gasteiger partial charge in [-0.25, -0.2) is 4.21 Å². The lowest BCUT2D eigenvalue weighted by molar-refractivity contribution is -0.269. The highest BCUT2D eigenvalue weighted by Gasteiger charge is 2.68. The van der Waals surface area contributed by atoms with Gasteiger partial charge in [0.25, 0.3) is 11.5 Å². The highest BCUT2D eigenvalue weighted by Crippen LogP contribution is 2.47. The van der Waals surface area contributed by atoms with E-state index in [9.17, 15) is 22.2 Å². The molecule has 3 atom stereocenters. The first-order valence-electron chi connectivity index (χ1n) is 11.8. The minimum Gasteiger partial charge on any atom is -0.402 e. The minimum atomic E-state index is -5.17. The van der Waals surface area contributed by atoms with Gasteiger partial charge in [0.2, 0.25) is 0 Å². The van der Waals surface area contributed by atoms with Gasteiger partial charge >= 0.3 is 13.3 Å². The van der Waals surface area contributed by atoms with Crippen LogP contribution in [0.4, 0.5) is 13.2 Å². The van der Waals surface area contributed by atoms with Crippen molar-refractivity contribution in [2.45, 2.75) is 103 Å². The second-order valence-corrected chi connectivity index (χ2v) is 14.3. The number of carbonyl (C=O) groups excluding carboxylic acids is 1. The van der Waals surface area contributed by atoms with E-state index in [4.69, 9.17) is 14.0 Å². The molecule has 11 heteroatoms. The molecule has 0 spiro atoms. The number of methoxy groups -OCH3 is 1. The first kappa shape index (κ1) is 30.8. The zero-order chi connectivity index (χ0) is 28.1. The maximum Gasteiger partial charge on any atom is 0.483 e. The van der Waals surface area contributed by atoms with Gasteiger partial charge in [0.1, 0.15) is 11.0 Å². The molecule has 0 aliphatic carbocycles. The molecular formula is C25H39BF3NO5S. The van der Waals surface area contributed by atoms with Crippen molar-refractivity contribution >= 4 is 24.0 Å². The summed E-state index contributed by atoms with van der Waals surface area (Å²) in [6, 6.07) is 6.67. The second kappa shape index (κ2) is 9.71. The van der Waals surface area contributed by atoms with Crippen LogP contribution in [0.3, 0.4) is 0 Å². The van der Waals surface area contributed by atoms with Crippen molar-refractivity contribution in [3.63, 3.8) is 0 Å². The standard InChI is InChI=1S/C25H39BF3NO5S/c1-20(2,3)18(26-34-22(7,8)23(9,10)35-26)30(36(32)21(4,5)6)19(31)24(33-11,25(27,28)29)17-15-13-12-14-16-17/h12-16,18H,1-11H3/t18-,24+,36+/m0/s1. The molecule has 1 aliphatic rings. The Bertz CT molecular complexity index is 957. The molecule has 1 aromatic carbocycles. The van der Waals surface area contributed by atoms with Crippen molar-refractivity contribution in [3.05, 3.63) is 35.9 Å². The first-order chi connectivity index (χ1) is 16.0. The minimum absolute atomic E-state index is 0.414. The van der Waals surface area contributed by atoms with Crippen molar-refractivity contribution in [1.29, 1.82) is 0 Å². The zero-order valence-corrected chi connectivity index (χ0v) is 23.9. The summed E-state index contributed by atoms with van der Waals surface area (Å²) in [5.41, 5.74) is -6.38. The molecule has 204 valence electrons. The Balaban J connectivity index is 2.87. The lowest BCUT2D eigenvalue weighted by atomic mass is 9.64. The van der Waals surface area contributed by atoms with Crippen LogP contribution in [0, 0.1) is 5.41 Å². The molecule has 0 saturated carbocycles. The molecule has 1 aromatic rings. The van der Waals surface area contributed by atoms with Crippen LogP contribution in [0.1, 0.15) is 74.8 Å². The average molecular weight is 533 g/mol. The van der Waals surface area contributed by atoms with Gasteiger partial charge < -0.3 is 14.0 Å². The van der Waals surface area contributed by atoms with E-state index < -0.39 is 68.7 Å². The van der Waals surface area contributed by atoms with E-state index in [-0.39, 0.29) is 0 Å². The van der Waals surface area contributed by atoms with Crippen LogP contribution >= 0.6 is 0 Å². The smallest absolute Gasteiger partial charge is 0.402 e. The number of amides is 1. The maximum atomic E-state index is 14.9. The fourth-order valence-corrected chi connectivity index (χ4v) is 5.54. The largest absolute Gasteiger partial charge is 0.483 e. The molecule has 0 N–H and O–H groups in total. The Morgan fingerprint density at radius 2 is 1.42 bits per heavy atom. The van der Waals surface area contributed by atoms with E-state index in [0.29, 0.717) is 0 Å². The zero-order valence-electron chi connectivity index (χ0n) is 23.1. The number of benzene rings is 1. The fourth-order valence-electron chi connectivity index (χ4n) is 4.05. The third kappa shape index (κ3) is 5.40. The monoisotopic (exact) mass is 533 g/mol. The highest BCUT2D eigenvalue weighted by atomic mass is 32.2. The van der Waals surface area contributed by atoms with E-state index in [2.05, 4.69) is 0 Å². The molecule has 1 amide bonds. The van der Waals surface area contributed by atoms with Crippen molar-refractivity contribution in [2.75, 3.05) is 7.11 Å². The van der Waals surface area contributed by atoms with Crippen LogP contribution in [-0.2, 0) is 35.4 Å². The normalized spacial score (nSPS) is 21.6. The molecule has 6 nitrogen and oxygen atoms in total. The van der Waals surface area contributed by atoms with Crippen LogP contribution in [0.5, 0.6) is 0 Å². The fraction of sp³-hybridized carbons (Fsp3) is 0.720. The van der Waals surface area contributed by atoms with E-state index in [1.165, 1.54) is 30.3 Å². The summed E-state index contributed by atoms with van der Waals surface area (Å²) in [6.07, 6.45) is -5.17. The SMILES string of the molecule is CO[C@@](C(=O)N([C@H](B1OC(C)(C)C(C)(C)O1)C(C)(C)C)[S@](=O)C(C)(C)C)(c1ccccc1)C(F)(F)F. The highest BCUT2D eigenvalue weighted by molar-refractivity contribution is 7.84. The van der Waals surface area contributed by atoms with Gasteiger partial charge in [0.05, 0.1) is 21.9 Å². The number of halogens is 3. The van der Waals surface area contributed by atoms with Crippen LogP contribution in [0.15, 0.2) is 30.3 Å². The predicted octanol–water partition coefficient (Wildman–Crippen LogP) is 5.43. The quantitative estimate of drug-likeness (QED) is 0.457. The van der Waals surface area contributed by atoms with Crippen molar-refractivity contribution < 1.29 is 36.2 Å². The predicted molar refractivity (Wildman–Crippen MR) is 135 cm³/mol. The van der Waals surface area contributed by atoms with Crippen LogP contribution in [0.25, 0.3) is 0 Å². The number of hydrogen-bond donors (Lipinski definition) is 0. The molecule has 1 fully saturated rings. The Morgan fingerprint density at radius 3 is 1.75 bits per heavy atom. The Hall–Kier alpha value is -1.43. The van der Waals surface area contributed by atoms with Crippen LogP contribution in [0.2, 0.25) is 0 Å². The summed E-state index contributed by atoms with van der Waals surface area (Å²) in [7, 11) is -2.56. The summed E-state index contributed by atoms with van der Waals surface area (Å²) in [5.74, 6) is -2.65. The molecule has 0 aromatic heterocycles. The van der Waals surface area contributed by atoms with Gasteiger partial charge in [-0.05, 0) is 53.9 Å². The molecule has 2 rings (SSSR count). The summed E-state index contributed by atoms with van der Waals surface area (Å²) >= 11 is 0. The molecule has 36 heavy (non-hydrogen) atoms. The maximum absolute atomic E-state index is 14.9. The Morgan fingerprint density at radius 1 is 0.972 bits per heavy atom. The lowest BCUT2D eigenvalue weighted by Gasteiger charge is -2.46. The van der Waals surface area contributed by atoms with Crippen molar-refractivity contribution in [3.8, 4) is 0 Å². The molecule has 0 bridgehead atoms. The number of alkyl halides is 3. The average Bonchev–Trinajstić information content (AvgIpc) is 2.90. The van der Waals surface area contributed by atoms with Crippen molar-refractivity contribution in [2.24, 2.45) is 5.41 Å². The Kier molecular flexibility index (Phi) is 8.31. The first-order valence-corrected chi connectivity index (χ1v) is 12.9. The molecule has 1 aliphatic heterocycles. The van der Waals surface area contributed by atoms with E-state index in [0.717, 1.165) is 11.4 Å². The molecule has 0 unspecified atom stereocenters. The van der Waals surface area contributed by atoms with Crippen LogP contribution in [-0.4, -0.2) is 56.7 Å². The number of ether oxygens (including phenoxy) is 1. The topological polar surface area (TPSA) is 65.1 Å². The number of rotatable bonds is 6. The number of carbonyl (C=O) groups is 1. The van der Waals surface area contributed by atoms with Gasteiger partial charge in [-0.15, -0.1) is 0 Å². The summed E-state index contributed by atoms with van der Waals surface area (Å²) < 4.78 is 75.8.